The van der Waals surface area contributed by atoms with Gasteiger partial charge in [-0.25, -0.2) is 0 Å². The number of ether oxygens (including phenoxy) is 3. The van der Waals surface area contributed by atoms with Gasteiger partial charge in [-0.1, -0.05) is 0 Å². The predicted molar refractivity (Wildman–Crippen MR) is 75.1 cm³/mol. The van der Waals surface area contributed by atoms with Crippen molar-refractivity contribution in [2.75, 3.05) is 6.54 Å². The second-order valence-electron chi connectivity index (χ2n) is 6.15. The lowest BCUT2D eigenvalue weighted by Crippen LogP contribution is -2.48. The summed E-state index contributed by atoms with van der Waals surface area (Å²) in [5, 5.41) is 0. The molecule has 5 heteroatoms. The van der Waals surface area contributed by atoms with E-state index in [1.54, 1.807) is 0 Å². The first kappa shape index (κ1) is 15.7. The lowest BCUT2D eigenvalue weighted by atomic mass is 10.0. The minimum Gasteiger partial charge on any atom is -0.463 e. The van der Waals surface area contributed by atoms with Crippen LogP contribution in [-0.4, -0.2) is 36.6 Å². The third-order valence-electron chi connectivity index (χ3n) is 3.90. The van der Waals surface area contributed by atoms with Crippen molar-refractivity contribution in [2.24, 2.45) is 5.73 Å². The van der Waals surface area contributed by atoms with Crippen LogP contribution in [0.2, 0.25) is 0 Å². The molecule has 1 heterocycles. The molecule has 1 saturated heterocycles. The summed E-state index contributed by atoms with van der Waals surface area (Å²) in [5.74, 6) is -0.660. The minimum atomic E-state index is -0.471. The van der Waals surface area contributed by atoms with Crippen LogP contribution >= 0.6 is 0 Å². The molecule has 1 spiro atoms. The minimum absolute atomic E-state index is 0.0809. The zero-order chi connectivity index (χ0) is 14.6. The summed E-state index contributed by atoms with van der Waals surface area (Å²) >= 11 is 0. The summed E-state index contributed by atoms with van der Waals surface area (Å²) in [6.07, 6.45) is 5.86. The van der Waals surface area contributed by atoms with Crippen molar-refractivity contribution in [3.05, 3.63) is 0 Å². The molecule has 1 aliphatic carbocycles. The lowest BCUT2D eigenvalue weighted by Gasteiger charge is -2.42. The Kier molecular flexibility index (Phi) is 5.41. The van der Waals surface area contributed by atoms with Crippen LogP contribution in [0.25, 0.3) is 0 Å². The van der Waals surface area contributed by atoms with Crippen molar-refractivity contribution in [2.45, 2.75) is 82.9 Å². The molecule has 116 valence electrons. The van der Waals surface area contributed by atoms with E-state index in [0.717, 1.165) is 38.5 Å². The summed E-state index contributed by atoms with van der Waals surface area (Å²) in [4.78, 5) is 11.8. The highest BCUT2D eigenvalue weighted by atomic mass is 16.7. The van der Waals surface area contributed by atoms with Gasteiger partial charge in [0.25, 0.3) is 0 Å². The molecule has 0 bridgehead atoms. The molecule has 0 amide bonds. The van der Waals surface area contributed by atoms with Crippen LogP contribution in [0.3, 0.4) is 0 Å². The smallest absolute Gasteiger partial charge is 0.308 e. The maximum atomic E-state index is 11.8. The summed E-state index contributed by atoms with van der Waals surface area (Å²) in [5.41, 5.74) is 5.65. The number of carbonyl (C=O) groups excluding carboxylic acids is 1. The number of carbonyl (C=O) groups is 1. The van der Waals surface area contributed by atoms with Crippen LogP contribution in [0.1, 0.15) is 58.8 Å². The third-order valence-corrected chi connectivity index (χ3v) is 3.90. The number of hydrogen-bond acceptors (Lipinski definition) is 5. The van der Waals surface area contributed by atoms with Crippen LogP contribution < -0.4 is 5.73 Å². The van der Waals surface area contributed by atoms with E-state index in [4.69, 9.17) is 19.9 Å². The van der Waals surface area contributed by atoms with Crippen molar-refractivity contribution in [1.29, 1.82) is 0 Å². The molecule has 1 saturated carbocycles. The van der Waals surface area contributed by atoms with Crippen molar-refractivity contribution in [3.63, 3.8) is 0 Å². The molecule has 2 rings (SSSR count). The van der Waals surface area contributed by atoms with Crippen molar-refractivity contribution in [3.8, 4) is 0 Å². The van der Waals surface area contributed by atoms with Crippen LogP contribution in [-0.2, 0) is 19.0 Å². The maximum Gasteiger partial charge on any atom is 0.308 e. The highest BCUT2D eigenvalue weighted by molar-refractivity contribution is 5.70. The molecule has 1 aliphatic heterocycles. The van der Waals surface area contributed by atoms with E-state index in [2.05, 4.69) is 0 Å². The predicted octanol–water partition coefficient (Wildman–Crippen LogP) is 2.12. The Morgan fingerprint density at radius 1 is 1.30 bits per heavy atom. The molecule has 0 aromatic rings. The highest BCUT2D eigenvalue weighted by Gasteiger charge is 2.44. The van der Waals surface area contributed by atoms with Crippen molar-refractivity contribution >= 4 is 5.97 Å². The standard InChI is InChI=1S/C15H27NO4/c1-11(2)18-14(17)10-13-9-12(5-8-16)19-15(20-13)6-3-4-7-15/h11-13H,3-10,16H2,1-2H3/t12-,13-/m1/s1. The first-order valence-corrected chi connectivity index (χ1v) is 7.78. The number of nitrogens with two attached hydrogens (primary N) is 1. The van der Waals surface area contributed by atoms with Gasteiger partial charge in [-0.3, -0.25) is 4.79 Å². The molecule has 2 N–H and O–H groups in total. The van der Waals surface area contributed by atoms with E-state index in [9.17, 15) is 4.79 Å². The first-order valence-electron chi connectivity index (χ1n) is 7.78. The molecule has 2 atom stereocenters. The number of esters is 1. The van der Waals surface area contributed by atoms with Crippen LogP contribution in [0.15, 0.2) is 0 Å². The zero-order valence-electron chi connectivity index (χ0n) is 12.6. The Hall–Kier alpha value is -0.650. The topological polar surface area (TPSA) is 70.8 Å². The Morgan fingerprint density at radius 2 is 1.95 bits per heavy atom. The summed E-state index contributed by atoms with van der Waals surface area (Å²) in [7, 11) is 0. The van der Waals surface area contributed by atoms with Crippen LogP contribution in [0.5, 0.6) is 0 Å². The van der Waals surface area contributed by atoms with Crippen molar-refractivity contribution < 1.29 is 19.0 Å². The fourth-order valence-corrected chi connectivity index (χ4v) is 3.16. The van der Waals surface area contributed by atoms with Gasteiger partial charge in [-0.2, -0.15) is 0 Å². The molecule has 2 aliphatic rings. The van der Waals surface area contributed by atoms with Crippen LogP contribution in [0.4, 0.5) is 0 Å². The Balaban J connectivity index is 1.95. The fourth-order valence-electron chi connectivity index (χ4n) is 3.16. The second kappa shape index (κ2) is 6.87. The number of rotatable bonds is 5. The molecular weight excluding hydrogens is 258 g/mol. The summed E-state index contributed by atoms with van der Waals surface area (Å²) < 4.78 is 17.4. The fraction of sp³-hybridized carbons (Fsp3) is 0.933. The van der Waals surface area contributed by atoms with Crippen LogP contribution in [0, 0.1) is 0 Å². The Morgan fingerprint density at radius 3 is 2.55 bits per heavy atom. The summed E-state index contributed by atoms with van der Waals surface area (Å²) in [6, 6.07) is 0. The SMILES string of the molecule is CC(C)OC(=O)C[C@H]1C[C@@H](CCN)OC2(CCCC2)O1. The van der Waals surface area contributed by atoms with Crippen molar-refractivity contribution in [1.82, 2.24) is 0 Å². The molecule has 2 fully saturated rings. The van der Waals surface area contributed by atoms with Gasteiger partial charge in [-0.15, -0.1) is 0 Å². The maximum absolute atomic E-state index is 11.8. The zero-order valence-corrected chi connectivity index (χ0v) is 12.6. The van der Waals surface area contributed by atoms with Gasteiger partial charge in [-0.05, 0) is 39.7 Å². The largest absolute Gasteiger partial charge is 0.463 e. The molecule has 20 heavy (non-hydrogen) atoms. The van der Waals surface area contributed by atoms with Gasteiger partial charge < -0.3 is 19.9 Å². The summed E-state index contributed by atoms with van der Waals surface area (Å²) in [6.45, 7) is 4.32. The lowest BCUT2D eigenvalue weighted by molar-refractivity contribution is -0.315. The van der Waals surface area contributed by atoms with Gasteiger partial charge >= 0.3 is 5.97 Å². The van der Waals surface area contributed by atoms with E-state index in [1.165, 1.54) is 0 Å². The average molecular weight is 285 g/mol. The molecule has 0 unspecified atom stereocenters. The molecule has 0 aromatic carbocycles. The van der Waals surface area contributed by atoms with E-state index < -0.39 is 5.79 Å². The van der Waals surface area contributed by atoms with Gasteiger partial charge in [0, 0.05) is 19.3 Å². The van der Waals surface area contributed by atoms with Gasteiger partial charge in [0.2, 0.25) is 0 Å². The van der Waals surface area contributed by atoms with E-state index >= 15 is 0 Å². The van der Waals surface area contributed by atoms with Gasteiger partial charge in [0.15, 0.2) is 5.79 Å². The van der Waals surface area contributed by atoms with E-state index in [1.807, 2.05) is 13.8 Å². The molecule has 5 nitrogen and oxygen atoms in total. The number of hydrogen-bond donors (Lipinski definition) is 1. The van der Waals surface area contributed by atoms with Gasteiger partial charge in [0.05, 0.1) is 24.7 Å². The second-order valence-corrected chi connectivity index (χ2v) is 6.15. The Labute approximate surface area is 121 Å². The molecule has 0 aromatic heterocycles. The quantitative estimate of drug-likeness (QED) is 0.783. The Bertz CT molecular complexity index is 326. The van der Waals surface area contributed by atoms with E-state index in [0.29, 0.717) is 13.0 Å². The monoisotopic (exact) mass is 285 g/mol. The van der Waals surface area contributed by atoms with Gasteiger partial charge in [0.1, 0.15) is 0 Å². The molecular formula is C15H27NO4. The normalized spacial score (nSPS) is 29.0. The third kappa shape index (κ3) is 4.17. The average Bonchev–Trinajstić information content (AvgIpc) is 2.75. The van der Waals surface area contributed by atoms with E-state index in [-0.39, 0.29) is 24.3 Å². The highest BCUT2D eigenvalue weighted by Crippen LogP contribution is 2.41. The molecule has 0 radical (unpaired) electrons. The first-order chi connectivity index (χ1) is 9.53.